The molecule has 1 N–H and O–H groups in total. The first-order valence-electron chi connectivity index (χ1n) is 12.5. The smallest absolute Gasteiger partial charge is 0.326 e. The molecule has 4 heterocycles. The number of anilines is 3. The molecule has 3 aliphatic rings. The second kappa shape index (κ2) is 9.65. The van der Waals surface area contributed by atoms with Crippen molar-refractivity contribution in [1.82, 2.24) is 15.0 Å². The summed E-state index contributed by atoms with van der Waals surface area (Å²) in [4.78, 5) is 22.6. The first kappa shape index (κ1) is 23.1. The van der Waals surface area contributed by atoms with Gasteiger partial charge in [0.05, 0.1) is 6.54 Å². The van der Waals surface area contributed by atoms with E-state index >= 15 is 4.39 Å². The van der Waals surface area contributed by atoms with Crippen LogP contribution in [0.2, 0.25) is 0 Å². The van der Waals surface area contributed by atoms with Gasteiger partial charge in [0.1, 0.15) is 23.3 Å². The van der Waals surface area contributed by atoms with Gasteiger partial charge in [0.15, 0.2) is 11.6 Å². The van der Waals surface area contributed by atoms with Crippen LogP contribution in [0.4, 0.5) is 21.8 Å². The van der Waals surface area contributed by atoms with Crippen molar-refractivity contribution in [1.29, 1.82) is 0 Å². The number of rotatable bonds is 5. The Balaban J connectivity index is 1.27. The Hall–Kier alpha value is -4.27. The molecular weight excluding hydrogens is 469 g/mol. The number of nitrogens with one attached hydrogen (secondary N) is 1. The fourth-order valence-corrected chi connectivity index (χ4v) is 4.83. The summed E-state index contributed by atoms with van der Waals surface area (Å²) in [6, 6.07) is 11.5. The van der Waals surface area contributed by atoms with Crippen molar-refractivity contribution in [3.63, 3.8) is 0 Å². The maximum absolute atomic E-state index is 15.3. The van der Waals surface area contributed by atoms with Gasteiger partial charge in [-0.15, -0.1) is 0 Å². The van der Waals surface area contributed by atoms with E-state index in [0.29, 0.717) is 23.7 Å². The fraction of sp³-hybridized carbons (Fsp3) is 0.286. The van der Waals surface area contributed by atoms with Gasteiger partial charge in [0.2, 0.25) is 0 Å². The van der Waals surface area contributed by atoms with E-state index in [1.165, 1.54) is 5.57 Å². The van der Waals surface area contributed by atoms with Crippen molar-refractivity contribution in [2.24, 2.45) is 4.99 Å². The Bertz CT molecular complexity index is 1430. The lowest BCUT2D eigenvalue weighted by atomic mass is 10.1. The summed E-state index contributed by atoms with van der Waals surface area (Å²) in [5.74, 6) is 2.69. The summed E-state index contributed by atoms with van der Waals surface area (Å²) in [7, 11) is 0. The molecule has 0 atom stereocenters. The van der Waals surface area contributed by atoms with Crippen molar-refractivity contribution in [2.75, 3.05) is 47.8 Å². The lowest BCUT2D eigenvalue weighted by molar-refractivity contribution is 0.410. The van der Waals surface area contributed by atoms with E-state index in [-0.39, 0.29) is 17.6 Å². The van der Waals surface area contributed by atoms with E-state index in [2.05, 4.69) is 35.1 Å². The molecule has 2 aliphatic heterocycles. The number of piperazine rings is 1. The number of halogens is 1. The van der Waals surface area contributed by atoms with Gasteiger partial charge < -0.3 is 19.9 Å². The Morgan fingerprint density at radius 2 is 1.73 bits per heavy atom. The van der Waals surface area contributed by atoms with Crippen molar-refractivity contribution in [2.45, 2.75) is 20.3 Å². The average Bonchev–Trinajstić information content (AvgIpc) is 3.51. The molecular formula is C28H28FN7O. The standard InChI is InChI=1S/C28H28FN7O/c1-18-13-20-6-7-22(27(29)21(20)14-18)37-28-33-24(32-23-15-19(2)17-31-23)16-26(34-28)36-11-9-35(10-12-36)25-5-3-4-8-30-25/h3-8,14-16H,9-13,17H2,1-2H3,(H,31,32,33,34). The maximum Gasteiger partial charge on any atom is 0.326 e. The van der Waals surface area contributed by atoms with Crippen molar-refractivity contribution in [3.05, 3.63) is 76.8 Å². The summed E-state index contributed by atoms with van der Waals surface area (Å²) in [6.07, 6.45) is 6.43. The zero-order chi connectivity index (χ0) is 25.4. The van der Waals surface area contributed by atoms with E-state index < -0.39 is 0 Å². The third-order valence-corrected chi connectivity index (χ3v) is 6.70. The van der Waals surface area contributed by atoms with Crippen molar-refractivity contribution in [3.8, 4) is 11.8 Å². The molecule has 8 nitrogen and oxygen atoms in total. The average molecular weight is 498 g/mol. The zero-order valence-corrected chi connectivity index (χ0v) is 20.9. The predicted molar refractivity (Wildman–Crippen MR) is 144 cm³/mol. The highest BCUT2D eigenvalue weighted by Gasteiger charge is 2.23. The Kier molecular flexibility index (Phi) is 6.04. The quantitative estimate of drug-likeness (QED) is 0.539. The topological polar surface area (TPSA) is 78.8 Å². The van der Waals surface area contributed by atoms with E-state index in [9.17, 15) is 0 Å². The number of ether oxygens (including phenoxy) is 1. The number of amidine groups is 1. The van der Waals surface area contributed by atoms with Gasteiger partial charge in [-0.05, 0) is 55.7 Å². The molecule has 188 valence electrons. The van der Waals surface area contributed by atoms with Crippen molar-refractivity contribution >= 4 is 29.4 Å². The number of nitrogens with zero attached hydrogens (tertiary/aromatic N) is 6. The molecule has 9 heteroatoms. The fourth-order valence-electron chi connectivity index (χ4n) is 4.83. The van der Waals surface area contributed by atoms with Gasteiger partial charge in [0.25, 0.3) is 0 Å². The molecule has 0 bridgehead atoms. The van der Waals surface area contributed by atoms with Crippen LogP contribution in [0.5, 0.6) is 11.8 Å². The molecule has 3 aromatic rings. The molecule has 0 radical (unpaired) electrons. The molecule has 0 amide bonds. The summed E-state index contributed by atoms with van der Waals surface area (Å²) >= 11 is 0. The van der Waals surface area contributed by atoms with Gasteiger partial charge in [0, 0.05) is 44.0 Å². The van der Waals surface area contributed by atoms with E-state index in [0.717, 1.165) is 55.4 Å². The summed E-state index contributed by atoms with van der Waals surface area (Å²) in [5.41, 5.74) is 3.84. The van der Waals surface area contributed by atoms with Crippen LogP contribution < -0.4 is 19.9 Å². The van der Waals surface area contributed by atoms with Crippen LogP contribution in [0.25, 0.3) is 6.08 Å². The normalized spacial score (nSPS) is 16.8. The molecule has 1 aliphatic carbocycles. The van der Waals surface area contributed by atoms with Crippen LogP contribution in [0, 0.1) is 5.82 Å². The van der Waals surface area contributed by atoms with E-state index in [1.54, 1.807) is 6.07 Å². The van der Waals surface area contributed by atoms with Gasteiger partial charge in [-0.3, -0.25) is 4.99 Å². The monoisotopic (exact) mass is 497 g/mol. The minimum atomic E-state index is -0.388. The highest BCUT2D eigenvalue weighted by atomic mass is 19.1. The van der Waals surface area contributed by atoms with Gasteiger partial charge in [-0.25, -0.2) is 9.37 Å². The number of allylic oxidation sites excluding steroid dienone is 1. The predicted octanol–water partition coefficient (Wildman–Crippen LogP) is 4.86. The highest BCUT2D eigenvalue weighted by Crippen LogP contribution is 2.34. The maximum atomic E-state index is 15.3. The Morgan fingerprint density at radius 1 is 0.919 bits per heavy atom. The first-order chi connectivity index (χ1) is 18.0. The minimum absolute atomic E-state index is 0.0870. The Morgan fingerprint density at radius 3 is 2.46 bits per heavy atom. The molecule has 2 aromatic heterocycles. The molecule has 1 aromatic carbocycles. The number of hydrogen-bond acceptors (Lipinski definition) is 8. The van der Waals surface area contributed by atoms with Gasteiger partial charge >= 0.3 is 6.01 Å². The highest BCUT2D eigenvalue weighted by molar-refractivity contribution is 6.05. The van der Waals surface area contributed by atoms with Gasteiger partial charge in [-0.2, -0.15) is 9.97 Å². The lowest BCUT2D eigenvalue weighted by Crippen LogP contribution is -2.47. The number of benzene rings is 1. The number of fused-ring (bicyclic) bond motifs is 1. The molecule has 1 saturated heterocycles. The Labute approximate surface area is 215 Å². The third kappa shape index (κ3) is 4.89. The van der Waals surface area contributed by atoms with Crippen LogP contribution in [0.15, 0.2) is 64.8 Å². The number of aromatic nitrogens is 3. The second-order valence-electron chi connectivity index (χ2n) is 9.59. The molecule has 37 heavy (non-hydrogen) atoms. The van der Waals surface area contributed by atoms with Crippen LogP contribution >= 0.6 is 0 Å². The summed E-state index contributed by atoms with van der Waals surface area (Å²) < 4.78 is 21.2. The third-order valence-electron chi connectivity index (χ3n) is 6.70. The lowest BCUT2D eigenvalue weighted by Gasteiger charge is -2.36. The summed E-state index contributed by atoms with van der Waals surface area (Å²) in [6.45, 7) is 7.81. The van der Waals surface area contributed by atoms with Crippen molar-refractivity contribution < 1.29 is 9.13 Å². The molecule has 0 spiro atoms. The number of pyridine rings is 1. The molecule has 0 saturated carbocycles. The van der Waals surface area contributed by atoms with Crippen LogP contribution in [-0.2, 0) is 6.42 Å². The van der Waals surface area contributed by atoms with E-state index in [4.69, 9.17) is 4.74 Å². The zero-order valence-electron chi connectivity index (χ0n) is 20.9. The summed E-state index contributed by atoms with van der Waals surface area (Å²) in [5, 5.41) is 3.27. The first-order valence-corrected chi connectivity index (χ1v) is 12.5. The minimum Gasteiger partial charge on any atom is -0.421 e. The number of aliphatic imine (C=N–C) groups is 1. The molecule has 1 fully saturated rings. The molecule has 6 rings (SSSR count). The number of hydrogen-bond donors (Lipinski definition) is 1. The second-order valence-corrected chi connectivity index (χ2v) is 9.59. The van der Waals surface area contributed by atoms with Crippen LogP contribution in [-0.4, -0.2) is 53.5 Å². The van der Waals surface area contributed by atoms with Crippen LogP contribution in [0.3, 0.4) is 0 Å². The largest absolute Gasteiger partial charge is 0.421 e. The SMILES string of the molecule is CC1=CC(Nc2cc(N3CCN(c4ccccn4)CC3)nc(Oc3ccc4c(c3F)C=C(C)C4)n2)=NC1. The van der Waals surface area contributed by atoms with Gasteiger partial charge in [-0.1, -0.05) is 23.8 Å². The van der Waals surface area contributed by atoms with Crippen LogP contribution in [0.1, 0.15) is 25.0 Å². The van der Waals surface area contributed by atoms with E-state index in [1.807, 2.05) is 62.5 Å². The molecule has 0 unspecified atom stereocenters.